The summed E-state index contributed by atoms with van der Waals surface area (Å²) in [6.45, 7) is 4.10. The minimum atomic E-state index is -3.52. The molecular weight excluding hydrogens is 542 g/mol. The average molecular weight is 579 g/mol. The zero-order valence-corrected chi connectivity index (χ0v) is 23.6. The van der Waals surface area contributed by atoms with Crippen LogP contribution < -0.4 is 9.62 Å². The Labute approximate surface area is 223 Å². The summed E-state index contributed by atoms with van der Waals surface area (Å²) in [7, 11) is -3.52. The molecule has 9 heteroatoms. The molecule has 0 aliphatic heterocycles. The van der Waals surface area contributed by atoms with Gasteiger partial charge >= 0.3 is 0 Å². The van der Waals surface area contributed by atoms with Crippen LogP contribution in [-0.4, -0.2) is 50.0 Å². The maximum absolute atomic E-state index is 13.4. The van der Waals surface area contributed by atoms with E-state index >= 15 is 0 Å². The summed E-state index contributed by atoms with van der Waals surface area (Å²) in [5.74, 6) is -0.329. The fraction of sp³-hybridized carbons (Fsp3) is 0.481. The molecule has 0 aromatic heterocycles. The van der Waals surface area contributed by atoms with Crippen LogP contribution in [0.3, 0.4) is 0 Å². The van der Waals surface area contributed by atoms with Crippen molar-refractivity contribution in [3.63, 3.8) is 0 Å². The van der Waals surface area contributed by atoms with E-state index in [9.17, 15) is 18.0 Å². The van der Waals surface area contributed by atoms with Crippen molar-refractivity contribution in [2.75, 3.05) is 17.1 Å². The second kappa shape index (κ2) is 12.7. The summed E-state index contributed by atoms with van der Waals surface area (Å²) in [6, 6.07) is 14.5. The highest BCUT2D eigenvalue weighted by molar-refractivity contribution is 9.10. The van der Waals surface area contributed by atoms with Crippen molar-refractivity contribution in [1.82, 2.24) is 10.2 Å². The van der Waals surface area contributed by atoms with Gasteiger partial charge in [-0.3, -0.25) is 13.9 Å². The molecule has 0 radical (unpaired) electrons. The van der Waals surface area contributed by atoms with Gasteiger partial charge in [-0.2, -0.15) is 0 Å². The van der Waals surface area contributed by atoms with E-state index in [-0.39, 0.29) is 30.8 Å². The lowest BCUT2D eigenvalue weighted by Crippen LogP contribution is -2.49. The summed E-state index contributed by atoms with van der Waals surface area (Å²) >= 11 is 3.47. The second-order valence-electron chi connectivity index (χ2n) is 9.54. The number of anilines is 1. The third kappa shape index (κ3) is 7.80. The number of carbonyl (C=O) groups is 2. The number of nitrogens with zero attached hydrogens (tertiary/aromatic N) is 2. The maximum Gasteiger partial charge on any atom is 0.242 e. The first kappa shape index (κ1) is 28.2. The smallest absolute Gasteiger partial charge is 0.242 e. The molecule has 2 amide bonds. The van der Waals surface area contributed by atoms with Crippen molar-refractivity contribution >= 4 is 43.5 Å². The first-order chi connectivity index (χ1) is 17.1. The van der Waals surface area contributed by atoms with Crippen molar-refractivity contribution < 1.29 is 18.0 Å². The molecule has 0 spiro atoms. The van der Waals surface area contributed by atoms with E-state index in [1.807, 2.05) is 43.3 Å². The minimum absolute atomic E-state index is 0.132. The third-order valence-corrected chi connectivity index (χ3v) is 8.32. The highest BCUT2D eigenvalue weighted by Gasteiger charge is 2.29. The molecular formula is C27H36BrN3O4S. The topological polar surface area (TPSA) is 86.8 Å². The zero-order chi connectivity index (χ0) is 26.3. The zero-order valence-electron chi connectivity index (χ0n) is 21.2. The molecule has 0 heterocycles. The van der Waals surface area contributed by atoms with E-state index in [0.29, 0.717) is 18.7 Å². The molecule has 1 unspecified atom stereocenters. The predicted octanol–water partition coefficient (Wildman–Crippen LogP) is 4.78. The van der Waals surface area contributed by atoms with E-state index in [1.54, 1.807) is 24.0 Å². The monoisotopic (exact) mass is 577 g/mol. The van der Waals surface area contributed by atoms with Crippen LogP contribution in [-0.2, 0) is 26.2 Å². The Morgan fingerprint density at radius 3 is 2.44 bits per heavy atom. The van der Waals surface area contributed by atoms with Crippen LogP contribution in [0.2, 0.25) is 0 Å². The molecule has 196 valence electrons. The lowest BCUT2D eigenvalue weighted by atomic mass is 10.1. The van der Waals surface area contributed by atoms with Crippen LogP contribution in [0.5, 0.6) is 0 Å². The number of hydrogen-bond donors (Lipinski definition) is 1. The fourth-order valence-electron chi connectivity index (χ4n) is 4.63. The quantitative estimate of drug-likeness (QED) is 0.416. The first-order valence-electron chi connectivity index (χ1n) is 12.4. The van der Waals surface area contributed by atoms with Gasteiger partial charge < -0.3 is 10.2 Å². The molecule has 7 nitrogen and oxygen atoms in total. The molecule has 0 saturated heterocycles. The fourth-order valence-corrected chi connectivity index (χ4v) is 6.10. The Bertz CT molecular complexity index is 1170. The number of benzene rings is 2. The third-order valence-electron chi connectivity index (χ3n) is 6.65. The van der Waals surface area contributed by atoms with Gasteiger partial charge in [-0.1, -0.05) is 59.1 Å². The number of aryl methyl sites for hydroxylation is 1. The van der Waals surface area contributed by atoms with Crippen LogP contribution in [0.15, 0.2) is 53.0 Å². The SMILES string of the molecule is Cc1ccccc1N(CCCC(=O)N(Cc1cccc(Br)c1)C(C)C(=O)NC1CCCC1)S(C)(=O)=O. The van der Waals surface area contributed by atoms with Gasteiger partial charge in [0.15, 0.2) is 0 Å². The van der Waals surface area contributed by atoms with Crippen LogP contribution >= 0.6 is 15.9 Å². The van der Waals surface area contributed by atoms with E-state index in [2.05, 4.69) is 21.2 Å². The lowest BCUT2D eigenvalue weighted by Gasteiger charge is -2.30. The van der Waals surface area contributed by atoms with Gasteiger partial charge in [0.25, 0.3) is 0 Å². The number of halogens is 1. The number of carbonyl (C=O) groups excluding carboxylic acids is 2. The normalized spacial score (nSPS) is 14.9. The van der Waals surface area contributed by atoms with Crippen LogP contribution in [0.25, 0.3) is 0 Å². The molecule has 1 N–H and O–H groups in total. The second-order valence-corrected chi connectivity index (χ2v) is 12.4. The number of sulfonamides is 1. The van der Waals surface area contributed by atoms with Crippen LogP contribution in [0, 0.1) is 6.92 Å². The van der Waals surface area contributed by atoms with Gasteiger partial charge in [0.05, 0.1) is 11.9 Å². The number of nitrogens with one attached hydrogen (secondary N) is 1. The average Bonchev–Trinajstić information content (AvgIpc) is 3.33. The Hall–Kier alpha value is -2.39. The Balaban J connectivity index is 1.72. The largest absolute Gasteiger partial charge is 0.352 e. The molecule has 1 aliphatic carbocycles. The Morgan fingerprint density at radius 1 is 1.11 bits per heavy atom. The molecule has 2 aromatic rings. The summed E-state index contributed by atoms with van der Waals surface area (Å²) in [6.07, 6.45) is 5.81. The first-order valence-corrected chi connectivity index (χ1v) is 15.1. The van der Waals surface area contributed by atoms with E-state index in [1.165, 1.54) is 10.6 Å². The number of amides is 2. The summed E-state index contributed by atoms with van der Waals surface area (Å²) in [5.41, 5.74) is 2.38. The maximum atomic E-state index is 13.4. The molecule has 2 aromatic carbocycles. The highest BCUT2D eigenvalue weighted by atomic mass is 79.9. The Morgan fingerprint density at radius 2 is 1.81 bits per heavy atom. The summed E-state index contributed by atoms with van der Waals surface area (Å²) in [4.78, 5) is 28.1. The van der Waals surface area contributed by atoms with Crippen LogP contribution in [0.4, 0.5) is 5.69 Å². The molecule has 1 fully saturated rings. The van der Waals surface area contributed by atoms with Crippen molar-refractivity contribution in [2.24, 2.45) is 0 Å². The molecule has 36 heavy (non-hydrogen) atoms. The number of para-hydroxylation sites is 1. The van der Waals surface area contributed by atoms with E-state index in [0.717, 1.165) is 41.3 Å². The highest BCUT2D eigenvalue weighted by Crippen LogP contribution is 2.23. The number of hydrogen-bond acceptors (Lipinski definition) is 4. The molecule has 3 rings (SSSR count). The Kier molecular flexibility index (Phi) is 9.96. The molecule has 1 saturated carbocycles. The van der Waals surface area contributed by atoms with Gasteiger partial charge in [0.1, 0.15) is 6.04 Å². The number of rotatable bonds is 11. The van der Waals surface area contributed by atoms with Crippen molar-refractivity contribution in [1.29, 1.82) is 0 Å². The van der Waals surface area contributed by atoms with Crippen molar-refractivity contribution in [3.8, 4) is 0 Å². The molecule has 1 atom stereocenters. The van der Waals surface area contributed by atoms with Crippen molar-refractivity contribution in [3.05, 3.63) is 64.1 Å². The van der Waals surface area contributed by atoms with Gasteiger partial charge in [-0.15, -0.1) is 0 Å². The molecule has 1 aliphatic rings. The van der Waals surface area contributed by atoms with E-state index < -0.39 is 16.1 Å². The van der Waals surface area contributed by atoms with Gasteiger partial charge in [-0.05, 0) is 62.4 Å². The standard InChI is InChI=1S/C27H36BrN3O4S/c1-20-10-4-7-15-25(20)31(36(3,34)35)17-9-16-26(32)30(19-22-11-8-12-23(28)18-22)21(2)27(33)29-24-13-5-6-14-24/h4,7-8,10-12,15,18,21,24H,5-6,9,13-14,16-17,19H2,1-3H3,(H,29,33). The minimum Gasteiger partial charge on any atom is -0.352 e. The molecule has 0 bridgehead atoms. The summed E-state index contributed by atoms with van der Waals surface area (Å²) < 4.78 is 27.3. The van der Waals surface area contributed by atoms with Crippen LogP contribution in [0.1, 0.15) is 56.6 Å². The van der Waals surface area contributed by atoms with Gasteiger partial charge in [0, 0.05) is 30.0 Å². The van der Waals surface area contributed by atoms with Gasteiger partial charge in [-0.25, -0.2) is 8.42 Å². The van der Waals surface area contributed by atoms with E-state index in [4.69, 9.17) is 0 Å². The summed E-state index contributed by atoms with van der Waals surface area (Å²) in [5, 5.41) is 3.10. The van der Waals surface area contributed by atoms with Crippen molar-refractivity contribution in [2.45, 2.75) is 71.0 Å². The van der Waals surface area contributed by atoms with Gasteiger partial charge in [0.2, 0.25) is 21.8 Å². The lowest BCUT2D eigenvalue weighted by molar-refractivity contribution is -0.141. The predicted molar refractivity (Wildman–Crippen MR) is 147 cm³/mol.